The van der Waals surface area contributed by atoms with Gasteiger partial charge in [0.2, 0.25) is 6.17 Å². The van der Waals surface area contributed by atoms with Crippen LogP contribution in [0.15, 0.2) is 42.5 Å². The first-order valence-electron chi connectivity index (χ1n) is 7.56. The van der Waals surface area contributed by atoms with Crippen molar-refractivity contribution in [3.05, 3.63) is 48.0 Å². The summed E-state index contributed by atoms with van der Waals surface area (Å²) in [7, 11) is 0. The topological polar surface area (TPSA) is 35.5 Å². The quantitative estimate of drug-likeness (QED) is 0.612. The van der Waals surface area contributed by atoms with Crippen LogP contribution in [0, 0.1) is 5.92 Å². The van der Waals surface area contributed by atoms with E-state index < -0.39 is 23.7 Å². The van der Waals surface area contributed by atoms with E-state index in [2.05, 4.69) is 0 Å². The number of halogens is 1. The lowest BCUT2D eigenvalue weighted by Gasteiger charge is -2.26. The minimum absolute atomic E-state index is 0.331. The summed E-state index contributed by atoms with van der Waals surface area (Å²) < 4.78 is 25.3. The van der Waals surface area contributed by atoms with Gasteiger partial charge in [-0.2, -0.15) is 0 Å². The monoisotopic (exact) mass is 306 g/mol. The lowest BCUT2D eigenvalue weighted by molar-refractivity contribution is -0.164. The van der Waals surface area contributed by atoms with Crippen molar-refractivity contribution in [2.45, 2.75) is 51.7 Å². The molecule has 1 aliphatic carbocycles. The van der Waals surface area contributed by atoms with Gasteiger partial charge in [-0.15, -0.1) is 0 Å². The van der Waals surface area contributed by atoms with E-state index in [-0.39, 0.29) is 6.10 Å². The van der Waals surface area contributed by atoms with Crippen LogP contribution in [-0.4, -0.2) is 23.8 Å². The van der Waals surface area contributed by atoms with Crippen LogP contribution in [-0.2, 0) is 20.9 Å². The second-order valence-corrected chi connectivity index (χ2v) is 6.51. The van der Waals surface area contributed by atoms with Crippen LogP contribution in [0.3, 0.4) is 0 Å². The van der Waals surface area contributed by atoms with Crippen molar-refractivity contribution in [1.29, 1.82) is 0 Å². The Morgan fingerprint density at radius 2 is 2.00 bits per heavy atom. The van der Waals surface area contributed by atoms with E-state index in [0.717, 1.165) is 5.56 Å². The Hall–Kier alpha value is -1.68. The van der Waals surface area contributed by atoms with Crippen LogP contribution in [0.1, 0.15) is 32.8 Å². The lowest BCUT2D eigenvalue weighted by Crippen LogP contribution is -2.37. The first-order valence-corrected chi connectivity index (χ1v) is 7.56. The molecule has 3 nitrogen and oxygen atoms in total. The van der Waals surface area contributed by atoms with Crippen molar-refractivity contribution in [1.82, 2.24) is 0 Å². The molecule has 2 rings (SSSR count). The van der Waals surface area contributed by atoms with Gasteiger partial charge < -0.3 is 9.47 Å². The molecule has 0 bridgehead atoms. The molecule has 1 unspecified atom stereocenters. The van der Waals surface area contributed by atoms with Gasteiger partial charge in [-0.1, -0.05) is 42.5 Å². The first kappa shape index (κ1) is 16.7. The van der Waals surface area contributed by atoms with Crippen LogP contribution in [0.2, 0.25) is 0 Å². The molecule has 0 spiro atoms. The second kappa shape index (κ2) is 7.05. The maximum atomic E-state index is 14.4. The van der Waals surface area contributed by atoms with E-state index in [0.29, 0.717) is 13.0 Å². The van der Waals surface area contributed by atoms with Gasteiger partial charge in [0.1, 0.15) is 5.60 Å². The highest BCUT2D eigenvalue weighted by Gasteiger charge is 2.38. The van der Waals surface area contributed by atoms with Crippen LogP contribution >= 0.6 is 0 Å². The van der Waals surface area contributed by atoms with E-state index in [9.17, 15) is 9.18 Å². The van der Waals surface area contributed by atoms with E-state index >= 15 is 0 Å². The zero-order valence-electron chi connectivity index (χ0n) is 13.3. The van der Waals surface area contributed by atoms with E-state index in [1.54, 1.807) is 26.8 Å². The molecule has 0 aromatic heterocycles. The summed E-state index contributed by atoms with van der Waals surface area (Å²) in [5.41, 5.74) is 0.338. The third-order valence-corrected chi connectivity index (χ3v) is 3.43. The highest BCUT2D eigenvalue weighted by molar-refractivity contribution is 5.76. The van der Waals surface area contributed by atoms with Gasteiger partial charge >= 0.3 is 5.97 Å². The Labute approximate surface area is 131 Å². The van der Waals surface area contributed by atoms with Gasteiger partial charge in [0.15, 0.2) is 0 Å². The van der Waals surface area contributed by atoms with Gasteiger partial charge in [0, 0.05) is 5.92 Å². The van der Waals surface area contributed by atoms with Crippen molar-refractivity contribution in [2.24, 2.45) is 5.92 Å². The van der Waals surface area contributed by atoms with Gasteiger partial charge in [-0.05, 0) is 32.8 Å². The molecule has 3 atom stereocenters. The zero-order valence-corrected chi connectivity index (χ0v) is 13.3. The molecule has 0 heterocycles. The minimum Gasteiger partial charge on any atom is -0.458 e. The zero-order chi connectivity index (χ0) is 16.2. The summed E-state index contributed by atoms with van der Waals surface area (Å²) in [4.78, 5) is 11.9. The second-order valence-electron chi connectivity index (χ2n) is 6.51. The summed E-state index contributed by atoms with van der Waals surface area (Å²) in [5, 5.41) is 0. The van der Waals surface area contributed by atoms with Crippen molar-refractivity contribution < 1.29 is 18.7 Å². The molecular formula is C18H23FO3. The van der Waals surface area contributed by atoms with Crippen LogP contribution in [0.4, 0.5) is 4.39 Å². The Morgan fingerprint density at radius 1 is 1.32 bits per heavy atom. The van der Waals surface area contributed by atoms with E-state index in [1.165, 1.54) is 0 Å². The predicted octanol–water partition coefficient (Wildman–Crippen LogP) is 3.83. The number of hydrogen-bond acceptors (Lipinski definition) is 3. The molecule has 1 aromatic carbocycles. The summed E-state index contributed by atoms with van der Waals surface area (Å²) in [6.45, 7) is 5.59. The Balaban J connectivity index is 1.92. The summed E-state index contributed by atoms with van der Waals surface area (Å²) in [6.07, 6.45) is 2.16. The number of rotatable bonds is 5. The predicted molar refractivity (Wildman–Crippen MR) is 83.0 cm³/mol. The molecule has 0 fully saturated rings. The maximum Gasteiger partial charge on any atom is 0.341 e. The molecule has 4 heteroatoms. The number of alkyl halides is 1. The molecule has 0 saturated heterocycles. The number of ether oxygens (including phenoxy) is 2. The van der Waals surface area contributed by atoms with Gasteiger partial charge in [-0.3, -0.25) is 0 Å². The summed E-state index contributed by atoms with van der Waals surface area (Å²) in [6, 6.07) is 9.71. The molecule has 1 aromatic rings. The number of carbonyl (C=O) groups excluding carboxylic acids is 1. The molecule has 22 heavy (non-hydrogen) atoms. The van der Waals surface area contributed by atoms with Crippen molar-refractivity contribution >= 4 is 5.97 Å². The van der Waals surface area contributed by atoms with Gasteiger partial charge in [-0.25, -0.2) is 9.18 Å². The average Bonchev–Trinajstić information content (AvgIpc) is 2.92. The van der Waals surface area contributed by atoms with E-state index in [4.69, 9.17) is 9.47 Å². The fraction of sp³-hybridized carbons (Fsp3) is 0.500. The molecule has 1 aliphatic rings. The SMILES string of the molecule is CC(C)(C)OC(=O)C(F)[C@@H]1C=CC[C@@H]1OCc1ccccc1. The number of esters is 1. The fourth-order valence-corrected chi connectivity index (χ4v) is 2.41. The number of carbonyl (C=O) groups is 1. The van der Waals surface area contributed by atoms with Crippen LogP contribution in [0.5, 0.6) is 0 Å². The molecule has 120 valence electrons. The van der Waals surface area contributed by atoms with Gasteiger partial charge in [0.25, 0.3) is 0 Å². The Bertz CT molecular complexity index is 519. The Morgan fingerprint density at radius 3 is 2.64 bits per heavy atom. The number of hydrogen-bond donors (Lipinski definition) is 0. The molecular weight excluding hydrogens is 283 g/mol. The molecule has 0 amide bonds. The van der Waals surface area contributed by atoms with Crippen molar-refractivity contribution in [3.63, 3.8) is 0 Å². The van der Waals surface area contributed by atoms with E-state index in [1.807, 2.05) is 36.4 Å². The normalized spacial score (nSPS) is 22.5. The Kier molecular flexibility index (Phi) is 5.35. The maximum absolute atomic E-state index is 14.4. The minimum atomic E-state index is -1.70. The highest BCUT2D eigenvalue weighted by atomic mass is 19.1. The molecule has 0 aliphatic heterocycles. The average molecular weight is 306 g/mol. The highest BCUT2D eigenvalue weighted by Crippen LogP contribution is 2.29. The smallest absolute Gasteiger partial charge is 0.341 e. The lowest BCUT2D eigenvalue weighted by atomic mass is 10.00. The van der Waals surface area contributed by atoms with Crippen molar-refractivity contribution in [3.8, 4) is 0 Å². The third kappa shape index (κ3) is 4.67. The number of benzene rings is 1. The summed E-state index contributed by atoms with van der Waals surface area (Å²) >= 11 is 0. The standard InChI is InChI=1S/C18H23FO3/c1-18(2,3)22-17(20)16(19)14-10-7-11-15(14)21-12-13-8-5-4-6-9-13/h4-10,14-16H,11-12H2,1-3H3/t14-,15+,16?/m1/s1. The summed E-state index contributed by atoms with van der Waals surface area (Å²) in [5.74, 6) is -1.41. The van der Waals surface area contributed by atoms with Crippen molar-refractivity contribution in [2.75, 3.05) is 0 Å². The third-order valence-electron chi connectivity index (χ3n) is 3.43. The molecule has 0 N–H and O–H groups in total. The fourth-order valence-electron chi connectivity index (χ4n) is 2.41. The molecule has 0 saturated carbocycles. The first-order chi connectivity index (χ1) is 10.4. The van der Waals surface area contributed by atoms with Crippen LogP contribution in [0.25, 0.3) is 0 Å². The van der Waals surface area contributed by atoms with Crippen LogP contribution < -0.4 is 0 Å². The largest absolute Gasteiger partial charge is 0.458 e. The molecule has 0 radical (unpaired) electrons. The van der Waals surface area contributed by atoms with Gasteiger partial charge in [0.05, 0.1) is 12.7 Å².